The molecule has 0 aliphatic carbocycles. The number of halogens is 1. The van der Waals surface area contributed by atoms with E-state index in [0.29, 0.717) is 5.56 Å². The molecule has 0 saturated heterocycles. The zero-order chi connectivity index (χ0) is 46.7. The van der Waals surface area contributed by atoms with E-state index in [1.54, 1.807) is 19.1 Å². The normalized spacial score (nSPS) is 7.95. The van der Waals surface area contributed by atoms with Gasteiger partial charge in [-0.25, -0.2) is 4.39 Å². The van der Waals surface area contributed by atoms with E-state index in [1.807, 2.05) is 159 Å². The average molecular weight is 943 g/mol. The third kappa shape index (κ3) is 29.1. The molecule has 6 aromatic rings. The fourth-order valence-corrected chi connectivity index (χ4v) is 4.91. The summed E-state index contributed by atoms with van der Waals surface area (Å²) in [5.74, 6) is -0.132. The van der Waals surface area contributed by atoms with Gasteiger partial charge in [-0.1, -0.05) is 164 Å². The molecule has 0 aliphatic rings. The molecular weight excluding hydrogens is 900 g/mol. The van der Waals surface area contributed by atoms with Gasteiger partial charge >= 0.3 is 67.8 Å². The molecule has 6 aromatic carbocycles. The van der Waals surface area contributed by atoms with Gasteiger partial charge in [-0.05, 0) is 36.6 Å². The van der Waals surface area contributed by atoms with Gasteiger partial charge in [0, 0.05) is 57.0 Å². The van der Waals surface area contributed by atoms with Gasteiger partial charge in [0.25, 0.3) is 0 Å². The minimum Gasteiger partial charge on any atom is -0.358 e. The van der Waals surface area contributed by atoms with E-state index in [0.717, 1.165) is 44.8 Å². The molecule has 13 heteroatoms. The topological polar surface area (TPSA) is 192 Å². The summed E-state index contributed by atoms with van der Waals surface area (Å²) in [5.41, 5.74) is 8.53. The number of hydrogen-bond donors (Lipinski definition) is 0. The first-order valence-corrected chi connectivity index (χ1v) is 17.1. The van der Waals surface area contributed by atoms with Gasteiger partial charge < -0.3 is 14.9 Å². The van der Waals surface area contributed by atoms with Gasteiger partial charge in [-0.2, -0.15) is 10.5 Å². The summed E-state index contributed by atoms with van der Waals surface area (Å²) in [7, 11) is 0. The van der Waals surface area contributed by atoms with Gasteiger partial charge in [0.15, 0.2) is 6.04 Å². The minimum absolute atomic E-state index is 0. The van der Waals surface area contributed by atoms with Gasteiger partial charge in [0.05, 0.1) is 23.6 Å². The molecule has 6 rings (SSSR count). The van der Waals surface area contributed by atoms with Crippen molar-refractivity contribution in [3.63, 3.8) is 0 Å². The predicted octanol–water partition coefficient (Wildman–Crippen LogP) is 10.9. The zero-order valence-corrected chi connectivity index (χ0v) is 38.4. The predicted molar refractivity (Wildman–Crippen MR) is 235 cm³/mol. The maximum absolute atomic E-state index is 12.3. The van der Waals surface area contributed by atoms with Crippen molar-refractivity contribution in [3.8, 4) is 12.1 Å². The Bertz CT molecular complexity index is 2210. The van der Waals surface area contributed by atoms with Crippen LogP contribution in [-0.2, 0) is 62.6 Å². The van der Waals surface area contributed by atoms with E-state index in [1.165, 1.54) is 6.07 Å². The quantitative estimate of drug-likeness (QED) is 0.0666. The monoisotopic (exact) mass is 942 g/mol. The molecule has 65 heavy (non-hydrogen) atoms. The Balaban J connectivity index is -0.000000144. The fourth-order valence-electron chi connectivity index (χ4n) is 4.91. The van der Waals surface area contributed by atoms with E-state index < -0.39 is 6.04 Å². The third-order valence-corrected chi connectivity index (χ3v) is 7.44. The molecule has 0 aromatic heterocycles. The number of hydrogen-bond acceptors (Lipinski definition) is 4. The number of benzene rings is 6. The fraction of sp³-hybridized carbons (Fsp3) is 0.0769. The number of rotatable bonds is 7. The summed E-state index contributed by atoms with van der Waals surface area (Å²) in [6.07, 6.45) is 0. The molecule has 10 nitrogen and oxygen atoms in total. The van der Waals surface area contributed by atoms with E-state index in [9.17, 15) is 9.65 Å². The van der Waals surface area contributed by atoms with Crippen LogP contribution in [0.25, 0.3) is 0 Å². The Morgan fingerprint density at radius 1 is 0.477 bits per heavy atom. The van der Waals surface area contributed by atoms with Crippen LogP contribution in [0.4, 0.5) is 4.39 Å². The third-order valence-electron chi connectivity index (χ3n) is 7.44. The largest absolute Gasteiger partial charge is 0.358 e. The first-order valence-electron chi connectivity index (χ1n) is 17.1. The molecule has 0 fully saturated rings. The summed E-state index contributed by atoms with van der Waals surface area (Å²) < 4.78 is 57.3. The second kappa shape index (κ2) is 51.4. The maximum atomic E-state index is 12.3. The summed E-state index contributed by atoms with van der Waals surface area (Å²) in [5, 5.41) is 18.3. The van der Waals surface area contributed by atoms with Gasteiger partial charge in [-0.3, -0.25) is 9.98 Å². The van der Waals surface area contributed by atoms with Crippen LogP contribution in [0, 0.1) is 97.1 Å². The molecule has 0 heterocycles. The molecule has 0 saturated carbocycles. The number of aryl methyl sites for hydroxylation is 2. The van der Waals surface area contributed by atoms with Crippen LogP contribution in [0.1, 0.15) is 45.0 Å². The van der Waals surface area contributed by atoms with E-state index >= 15 is 0 Å². The molecule has 0 bridgehead atoms. The van der Waals surface area contributed by atoms with Gasteiger partial charge in [-0.15, -0.1) is 0 Å². The Morgan fingerprint density at radius 3 is 1.05 bits per heavy atom. The van der Waals surface area contributed by atoms with Crippen LogP contribution >= 0.6 is 0 Å². The molecule has 0 aliphatic heterocycles. The van der Waals surface area contributed by atoms with E-state index in [-0.39, 0.29) is 61.9 Å². The zero-order valence-electron chi connectivity index (χ0n) is 35.9. The standard InChI is InChI=1S/C22H18N2.C15H12N2.C7H7F.6CO.2CH3.2Cr/c1-17-10-8-9-15-20(17)21(16-23)24-22(18-11-4-2-5-12-18)19-13-6-3-7-14-19;16-11-12-17-15(13-7-3-1-4-8-13)14-9-5-2-6-10-14;1-6-4-2-3-5-7(6)8;6*1-2;;;;/h2-15,21H,1H3;1-10H,12H2;2-5H,1H3;;;;;;;2*1H3;;/q;;;;;;;;;2*-1;;. The SMILES string of the molecule is Cc1ccccc1C(C#N)N=C(c1ccccc1)c1ccccc1.Cc1ccccc1F.N#CCN=C(c1ccccc1)c1ccccc1.[C-]#[O+].[C-]#[O+].[C-]#[O+].[C-]#[O+].[C-]#[O+].[C-]#[O+].[CH3-].[CH3-].[Cr].[Cr]. The smallest absolute Gasteiger partial charge is 0 e. The van der Waals surface area contributed by atoms with Crippen molar-refractivity contribution in [2.75, 3.05) is 6.54 Å². The Labute approximate surface area is 404 Å². The number of aliphatic imine (C=N–C) groups is 2. The van der Waals surface area contributed by atoms with Crippen LogP contribution in [0.5, 0.6) is 0 Å². The van der Waals surface area contributed by atoms with Crippen LogP contribution in [-0.4, -0.2) is 18.0 Å². The molecule has 0 N–H and O–H groups in total. The van der Waals surface area contributed by atoms with Crippen LogP contribution in [0.2, 0.25) is 0 Å². The van der Waals surface area contributed by atoms with E-state index in [4.69, 9.17) is 38.2 Å². The van der Waals surface area contributed by atoms with Crippen LogP contribution in [0.15, 0.2) is 180 Å². The summed E-state index contributed by atoms with van der Waals surface area (Å²) in [6, 6.07) is 58.3. The first kappa shape index (κ1) is 72.5. The molecule has 1 atom stereocenters. The summed E-state index contributed by atoms with van der Waals surface area (Å²) in [4.78, 5) is 9.16. The maximum Gasteiger partial charge on any atom is 0 e. The molecule has 0 spiro atoms. The minimum atomic E-state index is -0.526. The summed E-state index contributed by atoms with van der Waals surface area (Å²) >= 11 is 0. The summed E-state index contributed by atoms with van der Waals surface area (Å²) in [6.45, 7) is 30.9. The van der Waals surface area contributed by atoms with Crippen LogP contribution in [0.3, 0.4) is 0 Å². The van der Waals surface area contributed by atoms with E-state index in [2.05, 4.69) is 57.0 Å². The molecular formula is C52H43Cr2FN4O6-2. The van der Waals surface area contributed by atoms with Crippen molar-refractivity contribution in [2.45, 2.75) is 19.9 Å². The van der Waals surface area contributed by atoms with Crippen molar-refractivity contribution in [2.24, 2.45) is 9.98 Å². The van der Waals surface area contributed by atoms with Gasteiger partial charge in [0.2, 0.25) is 0 Å². The van der Waals surface area contributed by atoms with Crippen molar-refractivity contribution in [1.82, 2.24) is 0 Å². The Kier molecular flexibility index (Phi) is 57.4. The number of nitrogens with zero attached hydrogens (tertiary/aromatic N) is 4. The number of nitriles is 2. The molecule has 0 radical (unpaired) electrons. The van der Waals surface area contributed by atoms with Crippen molar-refractivity contribution in [3.05, 3.63) is 269 Å². The first-order chi connectivity index (χ1) is 30.0. The second-order valence-electron chi connectivity index (χ2n) is 10.9. The van der Waals surface area contributed by atoms with Crippen molar-refractivity contribution >= 4 is 11.4 Å². The Morgan fingerprint density at radius 2 is 0.769 bits per heavy atom. The van der Waals surface area contributed by atoms with Crippen molar-refractivity contribution in [1.29, 1.82) is 10.5 Å². The van der Waals surface area contributed by atoms with Crippen molar-refractivity contribution < 1.29 is 67.0 Å². The van der Waals surface area contributed by atoms with Crippen LogP contribution < -0.4 is 0 Å². The molecule has 328 valence electrons. The molecule has 0 amide bonds. The van der Waals surface area contributed by atoms with Gasteiger partial charge in [0.1, 0.15) is 12.4 Å². The molecule has 1 unspecified atom stereocenters. The average Bonchev–Trinajstić information content (AvgIpc) is 3.36. The second-order valence-corrected chi connectivity index (χ2v) is 10.9. The Hall–Kier alpha value is -6.93.